The van der Waals surface area contributed by atoms with Crippen LogP contribution < -0.4 is 10.9 Å². The third-order valence-electron chi connectivity index (χ3n) is 6.33. The molecule has 0 bridgehead atoms. The van der Waals surface area contributed by atoms with E-state index in [0.29, 0.717) is 23.2 Å². The van der Waals surface area contributed by atoms with Gasteiger partial charge in [-0.05, 0) is 62.4 Å². The standard InChI is InChI=1S/C23H29ClN2O3/c1-15-10-21-19(12-20(15)24)17(11-22(27)29-21)14-26-9-5-6-16(13-26)23(28)25-18-7-3-2-4-8-18/h10-12,16,18H,2-9,13-14H2,1H3,(H,25,28). The van der Waals surface area contributed by atoms with Crippen molar-refractivity contribution < 1.29 is 9.21 Å². The second-order valence-electron chi connectivity index (χ2n) is 8.61. The zero-order chi connectivity index (χ0) is 20.4. The van der Waals surface area contributed by atoms with Crippen LogP contribution in [0.2, 0.25) is 5.02 Å². The number of hydrogen-bond acceptors (Lipinski definition) is 4. The minimum absolute atomic E-state index is 0.0166. The van der Waals surface area contributed by atoms with Crippen molar-refractivity contribution in [3.05, 3.63) is 44.8 Å². The summed E-state index contributed by atoms with van der Waals surface area (Å²) in [6.45, 7) is 4.16. The van der Waals surface area contributed by atoms with Gasteiger partial charge in [-0.3, -0.25) is 9.69 Å². The molecule has 1 unspecified atom stereocenters. The van der Waals surface area contributed by atoms with Crippen molar-refractivity contribution >= 4 is 28.5 Å². The van der Waals surface area contributed by atoms with Crippen molar-refractivity contribution in [1.82, 2.24) is 10.2 Å². The maximum Gasteiger partial charge on any atom is 0.336 e. The monoisotopic (exact) mass is 416 g/mol. The van der Waals surface area contributed by atoms with Gasteiger partial charge in [0, 0.05) is 35.6 Å². The van der Waals surface area contributed by atoms with Crippen LogP contribution in [-0.2, 0) is 11.3 Å². The number of nitrogens with zero attached hydrogens (tertiary/aromatic N) is 1. The molecule has 29 heavy (non-hydrogen) atoms. The van der Waals surface area contributed by atoms with Gasteiger partial charge in [0.15, 0.2) is 0 Å². The molecule has 2 aromatic rings. The number of benzene rings is 1. The molecule has 1 saturated carbocycles. The Hall–Kier alpha value is -1.85. The lowest BCUT2D eigenvalue weighted by Gasteiger charge is -2.33. The Bertz CT molecular complexity index is 949. The van der Waals surface area contributed by atoms with Crippen molar-refractivity contribution in [2.24, 2.45) is 5.92 Å². The summed E-state index contributed by atoms with van der Waals surface area (Å²) in [5, 5.41) is 4.81. The number of fused-ring (bicyclic) bond motifs is 1. The molecule has 6 heteroatoms. The lowest BCUT2D eigenvalue weighted by molar-refractivity contribution is -0.127. The molecule has 1 amide bonds. The number of carbonyl (C=O) groups excluding carboxylic acids is 1. The van der Waals surface area contributed by atoms with Crippen LogP contribution in [0.25, 0.3) is 11.0 Å². The molecule has 1 atom stereocenters. The molecule has 2 heterocycles. The van der Waals surface area contributed by atoms with Crippen LogP contribution in [0, 0.1) is 12.8 Å². The zero-order valence-electron chi connectivity index (χ0n) is 17.0. The van der Waals surface area contributed by atoms with Gasteiger partial charge in [-0.2, -0.15) is 0 Å². The van der Waals surface area contributed by atoms with Crippen LogP contribution in [0.4, 0.5) is 0 Å². The van der Waals surface area contributed by atoms with E-state index in [2.05, 4.69) is 10.2 Å². The van der Waals surface area contributed by atoms with Gasteiger partial charge in [-0.1, -0.05) is 30.9 Å². The SMILES string of the molecule is Cc1cc2oc(=O)cc(CN3CCCC(C(=O)NC4CCCCC4)C3)c2cc1Cl. The Balaban J connectivity index is 1.47. The second-order valence-corrected chi connectivity index (χ2v) is 9.01. The van der Waals surface area contributed by atoms with E-state index in [-0.39, 0.29) is 17.5 Å². The Labute approximate surface area is 176 Å². The van der Waals surface area contributed by atoms with Gasteiger partial charge in [-0.25, -0.2) is 4.79 Å². The first-order valence-electron chi connectivity index (χ1n) is 10.8. The molecule has 4 rings (SSSR count). The third kappa shape index (κ3) is 4.84. The Kier molecular flexibility index (Phi) is 6.26. The first kappa shape index (κ1) is 20.4. The summed E-state index contributed by atoms with van der Waals surface area (Å²) in [4.78, 5) is 27.1. The first-order chi connectivity index (χ1) is 14.0. The summed E-state index contributed by atoms with van der Waals surface area (Å²) in [5.74, 6) is 0.209. The number of amides is 1. The summed E-state index contributed by atoms with van der Waals surface area (Å²) < 4.78 is 5.37. The second kappa shape index (κ2) is 8.88. The summed E-state index contributed by atoms with van der Waals surface area (Å²) in [6, 6.07) is 5.60. The Morgan fingerprint density at radius 1 is 1.17 bits per heavy atom. The highest BCUT2D eigenvalue weighted by Crippen LogP contribution is 2.27. The van der Waals surface area contributed by atoms with Crippen molar-refractivity contribution in [1.29, 1.82) is 0 Å². The number of carbonyl (C=O) groups is 1. The molecule has 5 nitrogen and oxygen atoms in total. The summed E-state index contributed by atoms with van der Waals surface area (Å²) >= 11 is 6.31. The molecule has 2 aliphatic rings. The van der Waals surface area contributed by atoms with Gasteiger partial charge < -0.3 is 9.73 Å². The number of aryl methyl sites for hydroxylation is 1. The van der Waals surface area contributed by atoms with E-state index in [1.165, 1.54) is 19.3 Å². The Morgan fingerprint density at radius 3 is 2.76 bits per heavy atom. The normalized spacial score (nSPS) is 21.4. The van der Waals surface area contributed by atoms with Gasteiger partial charge in [0.2, 0.25) is 5.91 Å². The van der Waals surface area contributed by atoms with Crippen molar-refractivity contribution in [2.75, 3.05) is 13.1 Å². The summed E-state index contributed by atoms with van der Waals surface area (Å²) in [6.07, 6.45) is 7.84. The molecule has 2 fully saturated rings. The van der Waals surface area contributed by atoms with E-state index in [9.17, 15) is 9.59 Å². The van der Waals surface area contributed by atoms with Crippen molar-refractivity contribution in [2.45, 2.75) is 64.5 Å². The smallest absolute Gasteiger partial charge is 0.336 e. The number of piperidine rings is 1. The maximum absolute atomic E-state index is 12.8. The predicted octanol–water partition coefficient (Wildman–Crippen LogP) is 4.42. The van der Waals surface area contributed by atoms with Crippen molar-refractivity contribution in [3.63, 3.8) is 0 Å². The van der Waals surface area contributed by atoms with E-state index < -0.39 is 0 Å². The van der Waals surface area contributed by atoms with E-state index in [1.54, 1.807) is 6.07 Å². The fourth-order valence-corrected chi connectivity index (χ4v) is 4.86. The highest BCUT2D eigenvalue weighted by atomic mass is 35.5. The van der Waals surface area contributed by atoms with Gasteiger partial charge in [0.1, 0.15) is 5.58 Å². The quantitative estimate of drug-likeness (QED) is 0.749. The van der Waals surface area contributed by atoms with Crippen LogP contribution in [-0.4, -0.2) is 29.9 Å². The van der Waals surface area contributed by atoms with Crippen LogP contribution in [0.3, 0.4) is 0 Å². The molecule has 0 radical (unpaired) electrons. The lowest BCUT2D eigenvalue weighted by Crippen LogP contribution is -2.46. The van der Waals surface area contributed by atoms with Crippen LogP contribution in [0.5, 0.6) is 0 Å². The zero-order valence-corrected chi connectivity index (χ0v) is 17.8. The fraction of sp³-hybridized carbons (Fsp3) is 0.565. The molecule has 1 aliphatic heterocycles. The largest absolute Gasteiger partial charge is 0.423 e. The van der Waals surface area contributed by atoms with E-state index in [0.717, 1.165) is 55.3 Å². The maximum atomic E-state index is 12.8. The average Bonchev–Trinajstić information content (AvgIpc) is 2.70. The molecule has 0 spiro atoms. The highest BCUT2D eigenvalue weighted by molar-refractivity contribution is 6.32. The van der Waals surface area contributed by atoms with Gasteiger partial charge in [0.05, 0.1) is 5.92 Å². The van der Waals surface area contributed by atoms with Gasteiger partial charge in [0.25, 0.3) is 0 Å². The highest BCUT2D eigenvalue weighted by Gasteiger charge is 2.28. The van der Waals surface area contributed by atoms with Crippen LogP contribution in [0.15, 0.2) is 27.4 Å². The predicted molar refractivity (Wildman–Crippen MR) is 115 cm³/mol. The minimum Gasteiger partial charge on any atom is -0.423 e. The summed E-state index contributed by atoms with van der Waals surface area (Å²) in [5.41, 5.74) is 2.01. The molecule has 1 aliphatic carbocycles. The molecule has 156 valence electrons. The third-order valence-corrected chi connectivity index (χ3v) is 6.74. The van der Waals surface area contributed by atoms with E-state index in [4.69, 9.17) is 16.0 Å². The fourth-order valence-electron chi connectivity index (χ4n) is 4.70. The molecular weight excluding hydrogens is 388 g/mol. The molecule has 1 N–H and O–H groups in total. The average molecular weight is 417 g/mol. The number of halogens is 1. The minimum atomic E-state index is -0.349. The Morgan fingerprint density at radius 2 is 1.97 bits per heavy atom. The van der Waals surface area contributed by atoms with Gasteiger partial charge >= 0.3 is 5.63 Å². The molecule has 1 aromatic carbocycles. The number of nitrogens with one attached hydrogen (secondary N) is 1. The van der Waals surface area contributed by atoms with E-state index in [1.807, 2.05) is 19.1 Å². The lowest BCUT2D eigenvalue weighted by atomic mass is 9.92. The summed E-state index contributed by atoms with van der Waals surface area (Å²) in [7, 11) is 0. The number of rotatable bonds is 4. The first-order valence-corrected chi connectivity index (χ1v) is 11.1. The van der Waals surface area contributed by atoms with Gasteiger partial charge in [-0.15, -0.1) is 0 Å². The van der Waals surface area contributed by atoms with Crippen molar-refractivity contribution in [3.8, 4) is 0 Å². The van der Waals surface area contributed by atoms with Crippen LogP contribution >= 0.6 is 11.6 Å². The van der Waals surface area contributed by atoms with Crippen LogP contribution in [0.1, 0.15) is 56.1 Å². The topological polar surface area (TPSA) is 62.6 Å². The number of hydrogen-bond donors (Lipinski definition) is 1. The molecule has 1 aromatic heterocycles. The number of likely N-dealkylation sites (tertiary alicyclic amines) is 1. The van der Waals surface area contributed by atoms with E-state index >= 15 is 0 Å². The molecule has 1 saturated heterocycles. The molecular formula is C23H29ClN2O3.